The van der Waals surface area contributed by atoms with Gasteiger partial charge in [-0.1, -0.05) is 24.4 Å². The Morgan fingerprint density at radius 3 is 2.54 bits per heavy atom. The van der Waals surface area contributed by atoms with E-state index in [1.54, 1.807) is 0 Å². The van der Waals surface area contributed by atoms with E-state index < -0.39 is 0 Å². The summed E-state index contributed by atoms with van der Waals surface area (Å²) in [5.41, 5.74) is 1.20. The molecule has 0 saturated heterocycles. The molecule has 3 nitrogen and oxygen atoms in total. The molecule has 1 aromatic carbocycles. The van der Waals surface area contributed by atoms with Crippen LogP contribution in [0, 0.1) is 0 Å². The molecule has 0 saturated carbocycles. The molecule has 0 fully saturated rings. The van der Waals surface area contributed by atoms with Gasteiger partial charge in [-0.15, -0.1) is 0 Å². The predicted molar refractivity (Wildman–Crippen MR) is 56.1 cm³/mol. The van der Waals surface area contributed by atoms with Crippen LogP contribution in [0.2, 0.25) is 6.82 Å². The SMILES string of the molecule is C[B]c1cccc(OCC)c1.O.O. The fraction of sp³-hybridized carbons (Fsp3) is 0.333. The molecule has 0 aliphatic carbocycles. The van der Waals surface area contributed by atoms with Crippen molar-refractivity contribution in [3.8, 4) is 5.75 Å². The van der Waals surface area contributed by atoms with Gasteiger partial charge in [0.25, 0.3) is 0 Å². The van der Waals surface area contributed by atoms with Gasteiger partial charge in [-0.05, 0) is 19.1 Å². The first kappa shape index (κ1) is 14.5. The Bertz CT molecular complexity index is 228. The molecule has 0 aromatic heterocycles. The van der Waals surface area contributed by atoms with Crippen LogP contribution in [0.15, 0.2) is 24.3 Å². The van der Waals surface area contributed by atoms with Crippen molar-refractivity contribution in [2.24, 2.45) is 0 Å². The molecule has 13 heavy (non-hydrogen) atoms. The maximum absolute atomic E-state index is 5.33. The van der Waals surface area contributed by atoms with E-state index >= 15 is 0 Å². The summed E-state index contributed by atoms with van der Waals surface area (Å²) < 4.78 is 5.33. The molecule has 0 spiro atoms. The Labute approximate surface area is 79.6 Å². The zero-order chi connectivity index (χ0) is 8.10. The second-order valence-electron chi connectivity index (χ2n) is 2.29. The highest BCUT2D eigenvalue weighted by Gasteiger charge is 1.92. The van der Waals surface area contributed by atoms with Gasteiger partial charge in [-0.3, -0.25) is 0 Å². The molecule has 0 atom stereocenters. The molecule has 1 rings (SSSR count). The molecule has 4 N–H and O–H groups in total. The lowest BCUT2D eigenvalue weighted by Crippen LogP contribution is -2.09. The van der Waals surface area contributed by atoms with E-state index in [4.69, 9.17) is 4.74 Å². The minimum absolute atomic E-state index is 0. The van der Waals surface area contributed by atoms with Crippen molar-refractivity contribution in [3.63, 3.8) is 0 Å². The van der Waals surface area contributed by atoms with Crippen molar-refractivity contribution in [1.82, 2.24) is 0 Å². The third-order valence-corrected chi connectivity index (χ3v) is 1.50. The van der Waals surface area contributed by atoms with E-state index in [0.717, 1.165) is 12.4 Å². The predicted octanol–water partition coefficient (Wildman–Crippen LogP) is -0.186. The molecular weight excluding hydrogens is 167 g/mol. The normalized spacial score (nSPS) is 7.85. The zero-order valence-corrected chi connectivity index (χ0v) is 8.00. The Morgan fingerprint density at radius 1 is 1.31 bits per heavy atom. The van der Waals surface area contributed by atoms with Crippen molar-refractivity contribution in [1.29, 1.82) is 0 Å². The summed E-state index contributed by atoms with van der Waals surface area (Å²) in [6.45, 7) is 4.74. The van der Waals surface area contributed by atoms with Gasteiger partial charge in [0, 0.05) is 0 Å². The van der Waals surface area contributed by atoms with Crippen molar-refractivity contribution in [2.45, 2.75) is 13.7 Å². The second kappa shape index (κ2) is 7.64. The highest BCUT2D eigenvalue weighted by molar-refractivity contribution is 6.51. The maximum Gasteiger partial charge on any atom is 0.148 e. The van der Waals surface area contributed by atoms with Crippen LogP contribution in [0.1, 0.15) is 6.92 Å². The Hall–Kier alpha value is -0.995. The van der Waals surface area contributed by atoms with Crippen LogP contribution >= 0.6 is 0 Å². The van der Waals surface area contributed by atoms with Crippen molar-refractivity contribution >= 4 is 12.7 Å². The fourth-order valence-corrected chi connectivity index (χ4v) is 0.951. The summed E-state index contributed by atoms with van der Waals surface area (Å²) in [6.07, 6.45) is 0. The van der Waals surface area contributed by atoms with E-state index in [9.17, 15) is 0 Å². The lowest BCUT2D eigenvalue weighted by molar-refractivity contribution is 0.340. The van der Waals surface area contributed by atoms with Crippen LogP contribution in [0.3, 0.4) is 0 Å². The summed E-state index contributed by atoms with van der Waals surface area (Å²) >= 11 is 0. The molecule has 1 radical (unpaired) electrons. The molecular formula is C9H16BO3. The van der Waals surface area contributed by atoms with E-state index in [1.807, 2.05) is 31.9 Å². The summed E-state index contributed by atoms with van der Waals surface area (Å²) in [4.78, 5) is 0. The number of rotatable bonds is 3. The van der Waals surface area contributed by atoms with Crippen molar-refractivity contribution in [3.05, 3.63) is 24.3 Å². The summed E-state index contributed by atoms with van der Waals surface area (Å²) in [6, 6.07) is 8.06. The highest BCUT2D eigenvalue weighted by atomic mass is 16.5. The van der Waals surface area contributed by atoms with Crippen molar-refractivity contribution in [2.75, 3.05) is 6.61 Å². The average molecular weight is 183 g/mol. The Balaban J connectivity index is 0. The van der Waals surface area contributed by atoms with Gasteiger partial charge in [0.05, 0.1) is 6.61 Å². The van der Waals surface area contributed by atoms with Gasteiger partial charge < -0.3 is 15.7 Å². The van der Waals surface area contributed by atoms with Gasteiger partial charge in [-0.2, -0.15) is 0 Å². The van der Waals surface area contributed by atoms with Crippen LogP contribution in [-0.2, 0) is 0 Å². The standard InChI is InChI=1S/C9H12BO.2H2O/c1-3-11-9-6-4-5-8(7-9)10-2;;/h4-7H,3H2,1-2H3;2*1H2. The number of ether oxygens (including phenoxy) is 1. The van der Waals surface area contributed by atoms with Crippen LogP contribution < -0.4 is 10.2 Å². The lowest BCUT2D eigenvalue weighted by Gasteiger charge is -2.03. The van der Waals surface area contributed by atoms with E-state index in [0.29, 0.717) is 0 Å². The third kappa shape index (κ3) is 4.55. The quantitative estimate of drug-likeness (QED) is 0.598. The minimum atomic E-state index is 0. The largest absolute Gasteiger partial charge is 0.494 e. The fourth-order valence-electron chi connectivity index (χ4n) is 0.951. The maximum atomic E-state index is 5.33. The van der Waals surface area contributed by atoms with Gasteiger partial charge in [-0.25, -0.2) is 0 Å². The van der Waals surface area contributed by atoms with Gasteiger partial charge >= 0.3 is 0 Å². The highest BCUT2D eigenvalue weighted by Crippen LogP contribution is 2.05. The smallest absolute Gasteiger partial charge is 0.148 e. The monoisotopic (exact) mass is 183 g/mol. The first-order valence-electron chi connectivity index (χ1n) is 3.89. The Kier molecular flexibility index (Phi) is 8.54. The van der Waals surface area contributed by atoms with E-state index in [1.165, 1.54) is 5.46 Å². The first-order valence-corrected chi connectivity index (χ1v) is 3.89. The Morgan fingerprint density at radius 2 is 2.00 bits per heavy atom. The van der Waals surface area contributed by atoms with Crippen LogP contribution in [0.5, 0.6) is 5.75 Å². The number of hydrogen-bond acceptors (Lipinski definition) is 1. The van der Waals surface area contributed by atoms with Crippen molar-refractivity contribution < 1.29 is 15.7 Å². The molecule has 0 bridgehead atoms. The number of hydrogen-bond donors (Lipinski definition) is 0. The molecule has 0 heterocycles. The minimum Gasteiger partial charge on any atom is -0.494 e. The molecule has 0 aliphatic rings. The molecule has 0 aliphatic heterocycles. The summed E-state index contributed by atoms with van der Waals surface area (Å²) in [5.74, 6) is 0.947. The number of benzene rings is 1. The van der Waals surface area contributed by atoms with Gasteiger partial charge in [0.2, 0.25) is 0 Å². The van der Waals surface area contributed by atoms with E-state index in [-0.39, 0.29) is 11.0 Å². The third-order valence-electron chi connectivity index (χ3n) is 1.50. The topological polar surface area (TPSA) is 72.2 Å². The van der Waals surface area contributed by atoms with E-state index in [2.05, 4.69) is 13.3 Å². The van der Waals surface area contributed by atoms with Gasteiger partial charge in [0.1, 0.15) is 13.0 Å². The van der Waals surface area contributed by atoms with Crippen LogP contribution in [0.25, 0.3) is 0 Å². The lowest BCUT2D eigenvalue weighted by atomic mass is 9.73. The second-order valence-corrected chi connectivity index (χ2v) is 2.29. The molecule has 0 amide bonds. The molecule has 1 aromatic rings. The molecule has 73 valence electrons. The van der Waals surface area contributed by atoms with Crippen LogP contribution in [0.4, 0.5) is 0 Å². The van der Waals surface area contributed by atoms with Crippen LogP contribution in [-0.4, -0.2) is 24.8 Å². The summed E-state index contributed by atoms with van der Waals surface area (Å²) in [5, 5.41) is 0. The zero-order valence-electron chi connectivity index (χ0n) is 8.00. The summed E-state index contributed by atoms with van der Waals surface area (Å²) in [7, 11) is 2.06. The molecule has 4 heteroatoms. The molecule has 0 unspecified atom stereocenters. The average Bonchev–Trinajstić information content (AvgIpc) is 2.06. The first-order chi connectivity index (χ1) is 5.36. The van der Waals surface area contributed by atoms with Gasteiger partial charge in [0.15, 0.2) is 0 Å².